The molecule has 0 fully saturated rings. The van der Waals surface area contributed by atoms with Crippen LogP contribution >= 0.6 is 0 Å². The third-order valence-electron chi connectivity index (χ3n) is 4.84. The summed E-state index contributed by atoms with van der Waals surface area (Å²) in [6.45, 7) is 2.83. The predicted molar refractivity (Wildman–Crippen MR) is 108 cm³/mol. The lowest BCUT2D eigenvalue weighted by Gasteiger charge is -2.31. The molecule has 28 heavy (non-hydrogen) atoms. The maximum atomic E-state index is 12.3. The molecule has 3 rings (SSSR count). The maximum Gasteiger partial charge on any atom is 0.286 e. The molecule has 2 aromatic carbocycles. The fourth-order valence-electron chi connectivity index (χ4n) is 3.13. The SMILES string of the molecule is CC(CNC(=O)CCNC(=O)c1ccco1)(c1ccccc1)c1ccccc1. The van der Waals surface area contributed by atoms with Crippen molar-refractivity contribution in [3.8, 4) is 0 Å². The van der Waals surface area contributed by atoms with Gasteiger partial charge in [0, 0.05) is 24.9 Å². The molecule has 0 saturated heterocycles. The summed E-state index contributed by atoms with van der Waals surface area (Å²) < 4.78 is 5.03. The Labute approximate surface area is 164 Å². The van der Waals surface area contributed by atoms with Crippen molar-refractivity contribution in [1.29, 1.82) is 0 Å². The van der Waals surface area contributed by atoms with Crippen LogP contribution in [0.1, 0.15) is 35.0 Å². The molecule has 1 heterocycles. The zero-order chi connectivity index (χ0) is 19.8. The van der Waals surface area contributed by atoms with Crippen molar-refractivity contribution in [2.75, 3.05) is 13.1 Å². The first-order valence-electron chi connectivity index (χ1n) is 9.29. The van der Waals surface area contributed by atoms with Crippen LogP contribution in [-0.4, -0.2) is 24.9 Å². The second-order valence-electron chi connectivity index (χ2n) is 6.82. The molecule has 0 saturated carbocycles. The van der Waals surface area contributed by atoms with Crippen LogP contribution in [0.3, 0.4) is 0 Å². The summed E-state index contributed by atoms with van der Waals surface area (Å²) in [5.74, 6) is -0.199. The van der Waals surface area contributed by atoms with Gasteiger partial charge in [-0.15, -0.1) is 0 Å². The van der Waals surface area contributed by atoms with Crippen LogP contribution in [0.2, 0.25) is 0 Å². The first-order chi connectivity index (χ1) is 13.6. The Morgan fingerprint density at radius 2 is 1.46 bits per heavy atom. The van der Waals surface area contributed by atoms with Crippen molar-refractivity contribution in [2.45, 2.75) is 18.8 Å². The van der Waals surface area contributed by atoms with Crippen molar-refractivity contribution in [2.24, 2.45) is 0 Å². The van der Waals surface area contributed by atoms with Crippen LogP contribution in [0.25, 0.3) is 0 Å². The fourth-order valence-corrected chi connectivity index (χ4v) is 3.13. The molecule has 144 valence electrons. The largest absolute Gasteiger partial charge is 0.459 e. The summed E-state index contributed by atoms with van der Waals surface area (Å²) in [6, 6.07) is 23.5. The number of carbonyl (C=O) groups excluding carboxylic acids is 2. The quantitative estimate of drug-likeness (QED) is 0.632. The van der Waals surface area contributed by atoms with E-state index in [1.807, 2.05) is 36.4 Å². The Bertz CT molecular complexity index is 851. The lowest BCUT2D eigenvalue weighted by molar-refractivity contribution is -0.121. The average molecular weight is 376 g/mol. The Morgan fingerprint density at radius 1 is 0.857 bits per heavy atom. The van der Waals surface area contributed by atoms with Gasteiger partial charge < -0.3 is 15.1 Å². The normalized spacial score (nSPS) is 11.0. The first kappa shape index (κ1) is 19.4. The van der Waals surface area contributed by atoms with E-state index in [-0.39, 0.29) is 36.0 Å². The highest BCUT2D eigenvalue weighted by molar-refractivity contribution is 5.91. The Kier molecular flexibility index (Phi) is 6.27. The lowest BCUT2D eigenvalue weighted by atomic mass is 9.76. The topological polar surface area (TPSA) is 71.3 Å². The Morgan fingerprint density at radius 3 is 2.00 bits per heavy atom. The second-order valence-corrected chi connectivity index (χ2v) is 6.82. The third kappa shape index (κ3) is 4.68. The number of nitrogens with one attached hydrogen (secondary N) is 2. The van der Waals surface area contributed by atoms with E-state index in [0.717, 1.165) is 11.1 Å². The van der Waals surface area contributed by atoms with Crippen molar-refractivity contribution < 1.29 is 14.0 Å². The summed E-state index contributed by atoms with van der Waals surface area (Å²) in [7, 11) is 0. The zero-order valence-corrected chi connectivity index (χ0v) is 15.9. The molecule has 0 bridgehead atoms. The number of rotatable bonds is 8. The molecule has 2 N–H and O–H groups in total. The summed E-state index contributed by atoms with van der Waals surface area (Å²) in [6.07, 6.45) is 1.64. The van der Waals surface area contributed by atoms with Gasteiger partial charge in [0.1, 0.15) is 0 Å². The van der Waals surface area contributed by atoms with Gasteiger partial charge in [-0.25, -0.2) is 0 Å². The Hall–Kier alpha value is -3.34. The fraction of sp³-hybridized carbons (Fsp3) is 0.217. The molecular weight excluding hydrogens is 352 g/mol. The molecule has 0 spiro atoms. The van der Waals surface area contributed by atoms with Crippen LogP contribution in [0.15, 0.2) is 83.5 Å². The van der Waals surface area contributed by atoms with Gasteiger partial charge >= 0.3 is 0 Å². The highest BCUT2D eigenvalue weighted by Crippen LogP contribution is 2.31. The van der Waals surface area contributed by atoms with E-state index in [9.17, 15) is 9.59 Å². The molecule has 0 radical (unpaired) electrons. The maximum absolute atomic E-state index is 12.3. The molecule has 0 aliphatic heterocycles. The standard InChI is InChI=1S/C23H24N2O3/c1-23(18-9-4-2-5-10-18,19-11-6-3-7-12-19)17-25-21(26)14-15-24-22(27)20-13-8-16-28-20/h2-13,16H,14-15,17H2,1H3,(H,24,27)(H,25,26). The van der Waals surface area contributed by atoms with Gasteiger partial charge in [0.05, 0.1) is 6.26 Å². The minimum absolute atomic E-state index is 0.113. The number of furan rings is 1. The molecule has 3 aromatic rings. The molecule has 5 heteroatoms. The number of benzene rings is 2. The Balaban J connectivity index is 1.59. The third-order valence-corrected chi connectivity index (χ3v) is 4.84. The summed E-state index contributed by atoms with van der Waals surface area (Å²) >= 11 is 0. The minimum Gasteiger partial charge on any atom is -0.459 e. The van der Waals surface area contributed by atoms with Gasteiger partial charge in [-0.3, -0.25) is 9.59 Å². The van der Waals surface area contributed by atoms with Gasteiger partial charge in [-0.1, -0.05) is 60.7 Å². The summed E-state index contributed by atoms with van der Waals surface area (Å²) in [5, 5.41) is 5.70. The van der Waals surface area contributed by atoms with Crippen molar-refractivity contribution in [1.82, 2.24) is 10.6 Å². The molecule has 2 amide bonds. The van der Waals surface area contributed by atoms with E-state index >= 15 is 0 Å². The number of carbonyl (C=O) groups is 2. The van der Waals surface area contributed by atoms with E-state index in [4.69, 9.17) is 4.42 Å². The lowest BCUT2D eigenvalue weighted by Crippen LogP contribution is -2.40. The zero-order valence-electron chi connectivity index (χ0n) is 15.9. The van der Waals surface area contributed by atoms with Crippen LogP contribution in [0.5, 0.6) is 0 Å². The average Bonchev–Trinajstić information content (AvgIpc) is 3.28. The van der Waals surface area contributed by atoms with Gasteiger partial charge in [0.25, 0.3) is 5.91 Å². The van der Waals surface area contributed by atoms with Gasteiger partial charge in [0.15, 0.2) is 5.76 Å². The highest BCUT2D eigenvalue weighted by atomic mass is 16.3. The van der Waals surface area contributed by atoms with E-state index in [0.29, 0.717) is 6.54 Å². The molecular formula is C23H24N2O3. The molecule has 0 aliphatic rings. The molecule has 5 nitrogen and oxygen atoms in total. The van der Waals surface area contributed by atoms with E-state index in [2.05, 4.69) is 41.8 Å². The van der Waals surface area contributed by atoms with Crippen LogP contribution < -0.4 is 10.6 Å². The van der Waals surface area contributed by atoms with Gasteiger partial charge in [0.2, 0.25) is 5.91 Å². The van der Waals surface area contributed by atoms with E-state index < -0.39 is 0 Å². The number of amides is 2. The van der Waals surface area contributed by atoms with Crippen molar-refractivity contribution in [3.05, 3.63) is 95.9 Å². The number of hydrogen-bond acceptors (Lipinski definition) is 3. The molecule has 0 unspecified atom stereocenters. The first-order valence-corrected chi connectivity index (χ1v) is 9.29. The number of hydrogen-bond donors (Lipinski definition) is 2. The van der Waals surface area contributed by atoms with Crippen molar-refractivity contribution >= 4 is 11.8 Å². The van der Waals surface area contributed by atoms with Gasteiger partial charge in [-0.05, 0) is 30.2 Å². The second kappa shape index (κ2) is 9.04. The molecule has 1 aromatic heterocycles. The van der Waals surface area contributed by atoms with Crippen LogP contribution in [0.4, 0.5) is 0 Å². The molecule has 0 aliphatic carbocycles. The predicted octanol–water partition coefficient (Wildman–Crippen LogP) is 3.52. The minimum atomic E-state index is -0.352. The van der Waals surface area contributed by atoms with Crippen molar-refractivity contribution in [3.63, 3.8) is 0 Å². The highest BCUT2D eigenvalue weighted by Gasteiger charge is 2.29. The summed E-state index contributed by atoms with van der Waals surface area (Å²) in [5.41, 5.74) is 1.91. The summed E-state index contributed by atoms with van der Waals surface area (Å²) in [4.78, 5) is 24.2. The van der Waals surface area contributed by atoms with Crippen LogP contribution in [-0.2, 0) is 10.2 Å². The van der Waals surface area contributed by atoms with E-state index in [1.165, 1.54) is 6.26 Å². The van der Waals surface area contributed by atoms with Gasteiger partial charge in [-0.2, -0.15) is 0 Å². The monoisotopic (exact) mass is 376 g/mol. The smallest absolute Gasteiger partial charge is 0.286 e. The van der Waals surface area contributed by atoms with E-state index in [1.54, 1.807) is 12.1 Å². The molecule has 0 atom stereocenters. The van der Waals surface area contributed by atoms with Crippen LogP contribution in [0, 0.1) is 0 Å².